The maximum absolute atomic E-state index is 13.8. The minimum absolute atomic E-state index is 0.0724. The van der Waals surface area contributed by atoms with Crippen molar-refractivity contribution in [2.45, 2.75) is 11.4 Å². The van der Waals surface area contributed by atoms with Crippen LogP contribution in [0.5, 0.6) is 0 Å². The molecular formula is C21H18F2N4O3S. The second-order valence-electron chi connectivity index (χ2n) is 6.89. The number of carbonyl (C=O) groups excluding carboxylic acids is 1. The van der Waals surface area contributed by atoms with E-state index < -0.39 is 28.3 Å². The Labute approximate surface area is 178 Å². The van der Waals surface area contributed by atoms with Crippen LogP contribution in [0.15, 0.2) is 71.8 Å². The Balaban J connectivity index is 1.57. The molecule has 7 nitrogen and oxygen atoms in total. The molecule has 2 heterocycles. The van der Waals surface area contributed by atoms with Gasteiger partial charge >= 0.3 is 0 Å². The molecule has 1 amide bonds. The maximum Gasteiger partial charge on any atom is 0.248 e. The van der Waals surface area contributed by atoms with Gasteiger partial charge in [0.15, 0.2) is 5.82 Å². The van der Waals surface area contributed by atoms with E-state index >= 15 is 0 Å². The van der Waals surface area contributed by atoms with Crippen molar-refractivity contribution in [3.63, 3.8) is 0 Å². The summed E-state index contributed by atoms with van der Waals surface area (Å²) < 4.78 is 53.9. The number of hydrogen-bond acceptors (Lipinski definition) is 5. The van der Waals surface area contributed by atoms with Crippen LogP contribution in [0, 0.1) is 11.6 Å². The van der Waals surface area contributed by atoms with Gasteiger partial charge in [-0.15, -0.1) is 0 Å². The summed E-state index contributed by atoms with van der Waals surface area (Å²) in [7, 11) is -3.99. The lowest BCUT2D eigenvalue weighted by atomic mass is 10.2. The maximum atomic E-state index is 13.8. The molecule has 0 bridgehead atoms. The highest BCUT2D eigenvalue weighted by atomic mass is 32.2. The Morgan fingerprint density at radius 3 is 2.55 bits per heavy atom. The molecule has 3 aromatic rings. The topological polar surface area (TPSA) is 82.6 Å². The van der Waals surface area contributed by atoms with Crippen molar-refractivity contribution < 1.29 is 22.0 Å². The van der Waals surface area contributed by atoms with Gasteiger partial charge in [0.05, 0.1) is 13.2 Å². The highest BCUT2D eigenvalue weighted by molar-refractivity contribution is 7.89. The van der Waals surface area contributed by atoms with Crippen LogP contribution in [0.4, 0.5) is 20.3 Å². The smallest absolute Gasteiger partial charge is 0.248 e. The third-order valence-electron chi connectivity index (χ3n) is 4.77. The second-order valence-corrected chi connectivity index (χ2v) is 8.80. The van der Waals surface area contributed by atoms with Gasteiger partial charge in [-0.1, -0.05) is 18.2 Å². The Bertz CT molecular complexity index is 1220. The van der Waals surface area contributed by atoms with E-state index in [1.807, 2.05) is 0 Å². The zero-order valence-corrected chi connectivity index (χ0v) is 17.0. The molecule has 0 saturated carbocycles. The summed E-state index contributed by atoms with van der Waals surface area (Å²) in [6, 6.07) is 14.2. The third kappa shape index (κ3) is 4.39. The number of nitrogens with zero attached hydrogens (tertiary/aromatic N) is 3. The van der Waals surface area contributed by atoms with E-state index in [4.69, 9.17) is 0 Å². The molecule has 1 aliphatic heterocycles. The van der Waals surface area contributed by atoms with Crippen LogP contribution in [-0.4, -0.2) is 36.8 Å². The van der Waals surface area contributed by atoms with Gasteiger partial charge in [-0.2, -0.15) is 4.31 Å². The highest BCUT2D eigenvalue weighted by Gasteiger charge is 2.38. The van der Waals surface area contributed by atoms with Gasteiger partial charge in [0.1, 0.15) is 16.5 Å². The van der Waals surface area contributed by atoms with E-state index in [9.17, 15) is 22.0 Å². The first-order chi connectivity index (χ1) is 14.8. The fraction of sp³-hybridized carbons (Fsp3) is 0.143. The molecule has 0 unspecified atom stereocenters. The van der Waals surface area contributed by atoms with Crippen molar-refractivity contribution in [1.82, 2.24) is 14.6 Å². The number of aromatic nitrogens is 1. The number of carbonyl (C=O) groups is 1. The first kappa shape index (κ1) is 20.9. The molecule has 1 aliphatic rings. The number of sulfonamides is 1. The van der Waals surface area contributed by atoms with Crippen LogP contribution in [0.1, 0.15) is 5.56 Å². The van der Waals surface area contributed by atoms with Crippen LogP contribution >= 0.6 is 0 Å². The number of fused-ring (bicyclic) bond motifs is 1. The van der Waals surface area contributed by atoms with Crippen molar-refractivity contribution in [2.24, 2.45) is 0 Å². The van der Waals surface area contributed by atoms with E-state index in [1.165, 1.54) is 65.7 Å². The van der Waals surface area contributed by atoms with Crippen LogP contribution in [-0.2, 0) is 21.4 Å². The van der Waals surface area contributed by atoms with Gasteiger partial charge in [0.25, 0.3) is 0 Å². The van der Waals surface area contributed by atoms with Crippen molar-refractivity contribution in [3.8, 4) is 0 Å². The van der Waals surface area contributed by atoms with Gasteiger partial charge in [0.2, 0.25) is 15.9 Å². The lowest BCUT2D eigenvalue weighted by molar-refractivity contribution is -0.121. The molecule has 0 aliphatic carbocycles. The highest BCUT2D eigenvalue weighted by Crippen LogP contribution is 2.36. The molecule has 1 N–H and O–H groups in total. The lowest BCUT2D eigenvalue weighted by Gasteiger charge is -2.36. The Morgan fingerprint density at radius 1 is 1.03 bits per heavy atom. The van der Waals surface area contributed by atoms with Gasteiger partial charge < -0.3 is 10.2 Å². The zero-order chi connectivity index (χ0) is 22.0. The average Bonchev–Trinajstić information content (AvgIpc) is 2.75. The Morgan fingerprint density at radius 2 is 1.81 bits per heavy atom. The van der Waals surface area contributed by atoms with Gasteiger partial charge in [0, 0.05) is 18.4 Å². The molecule has 10 heteroatoms. The molecule has 0 saturated heterocycles. The Kier molecular flexibility index (Phi) is 5.66. The van der Waals surface area contributed by atoms with Crippen molar-refractivity contribution in [2.75, 3.05) is 18.1 Å². The second kappa shape index (κ2) is 8.40. The lowest BCUT2D eigenvalue weighted by Crippen LogP contribution is -2.48. The number of benzene rings is 2. The number of hydrogen-bond donors (Lipinski definition) is 1. The summed E-state index contributed by atoms with van der Waals surface area (Å²) >= 11 is 0. The summed E-state index contributed by atoms with van der Waals surface area (Å²) in [5.74, 6) is -1.23. The van der Waals surface area contributed by atoms with Gasteiger partial charge in [-0.05, 0) is 48.0 Å². The van der Waals surface area contributed by atoms with Crippen molar-refractivity contribution >= 4 is 27.4 Å². The summed E-state index contributed by atoms with van der Waals surface area (Å²) in [5, 5.41) is 2.63. The van der Waals surface area contributed by atoms with Crippen LogP contribution in [0.2, 0.25) is 0 Å². The quantitative estimate of drug-likeness (QED) is 0.655. The molecule has 1 aromatic heterocycles. The SMILES string of the molecule is O=C(CN1CN(c2cccc(F)c2)c2ncccc2S1(=O)=O)NCc1ccc(F)cc1. The molecule has 0 radical (unpaired) electrons. The average molecular weight is 444 g/mol. The molecular weight excluding hydrogens is 426 g/mol. The number of pyridine rings is 1. The molecule has 0 spiro atoms. The van der Waals surface area contributed by atoms with E-state index in [0.29, 0.717) is 11.3 Å². The number of rotatable bonds is 5. The predicted octanol–water partition coefficient (Wildman–Crippen LogP) is 2.78. The van der Waals surface area contributed by atoms with E-state index in [-0.39, 0.29) is 29.7 Å². The van der Waals surface area contributed by atoms with E-state index in [1.54, 1.807) is 6.07 Å². The summed E-state index contributed by atoms with van der Waals surface area (Å²) in [6.07, 6.45) is 1.45. The molecule has 31 heavy (non-hydrogen) atoms. The van der Waals surface area contributed by atoms with Gasteiger partial charge in [-0.25, -0.2) is 22.2 Å². The van der Waals surface area contributed by atoms with Crippen molar-refractivity contribution in [3.05, 3.63) is 84.1 Å². The van der Waals surface area contributed by atoms with Crippen LogP contribution in [0.25, 0.3) is 0 Å². The Hall–Kier alpha value is -3.37. The van der Waals surface area contributed by atoms with Crippen LogP contribution < -0.4 is 10.2 Å². The molecule has 0 fully saturated rings. The minimum Gasteiger partial charge on any atom is -0.351 e. The normalized spacial score (nSPS) is 15.4. The number of anilines is 2. The molecule has 0 atom stereocenters. The van der Waals surface area contributed by atoms with Crippen molar-refractivity contribution in [1.29, 1.82) is 0 Å². The number of halogens is 2. The first-order valence-electron chi connectivity index (χ1n) is 9.34. The molecule has 160 valence electrons. The standard InChI is InChI=1S/C21H18F2N4O3S/c22-16-8-6-15(7-9-16)12-25-20(28)13-26-14-27(18-4-1-3-17(23)11-18)21-19(31(26,29)30)5-2-10-24-21/h1-11H,12-14H2,(H,25,28). The molecule has 2 aromatic carbocycles. The fourth-order valence-corrected chi connectivity index (χ4v) is 4.71. The number of nitrogens with one attached hydrogen (secondary N) is 1. The third-order valence-corrected chi connectivity index (χ3v) is 6.57. The summed E-state index contributed by atoms with van der Waals surface area (Å²) in [4.78, 5) is 18.1. The number of amides is 1. The monoisotopic (exact) mass is 444 g/mol. The minimum atomic E-state index is -3.99. The largest absolute Gasteiger partial charge is 0.351 e. The van der Waals surface area contributed by atoms with E-state index in [0.717, 1.165) is 4.31 Å². The zero-order valence-electron chi connectivity index (χ0n) is 16.2. The summed E-state index contributed by atoms with van der Waals surface area (Å²) in [5.41, 5.74) is 1.08. The predicted molar refractivity (Wildman–Crippen MR) is 110 cm³/mol. The fourth-order valence-electron chi connectivity index (χ4n) is 3.23. The first-order valence-corrected chi connectivity index (χ1v) is 10.8. The van der Waals surface area contributed by atoms with E-state index in [2.05, 4.69) is 10.3 Å². The van der Waals surface area contributed by atoms with Gasteiger partial charge in [-0.3, -0.25) is 4.79 Å². The summed E-state index contributed by atoms with van der Waals surface area (Å²) in [6.45, 7) is -0.526. The molecule has 4 rings (SSSR count). The van der Waals surface area contributed by atoms with Crippen LogP contribution in [0.3, 0.4) is 0 Å².